The van der Waals surface area contributed by atoms with E-state index >= 15 is 0 Å². The van der Waals surface area contributed by atoms with Crippen LogP contribution in [-0.2, 0) is 0 Å². The number of hydrogen-bond acceptors (Lipinski definition) is 4. The Morgan fingerprint density at radius 1 is 1.47 bits per heavy atom. The zero-order chi connectivity index (χ0) is 13.0. The van der Waals surface area contributed by atoms with E-state index in [4.69, 9.17) is 4.74 Å². The Morgan fingerprint density at radius 3 is 2.59 bits per heavy atom. The lowest BCUT2D eigenvalue weighted by Crippen LogP contribution is -2.02. The summed E-state index contributed by atoms with van der Waals surface area (Å²) in [7, 11) is 0. The Morgan fingerprint density at radius 2 is 2.12 bits per heavy atom. The van der Waals surface area contributed by atoms with Crippen molar-refractivity contribution in [2.24, 2.45) is 0 Å². The highest BCUT2D eigenvalue weighted by Gasteiger charge is 2.17. The monoisotopic (exact) mass is 235 g/mol. The molecule has 5 heteroatoms. The summed E-state index contributed by atoms with van der Waals surface area (Å²) < 4.78 is 5.24. The fraction of sp³-hybridized carbons (Fsp3) is 0.250. The smallest absolute Gasteiger partial charge is 0.311 e. The van der Waals surface area contributed by atoms with Crippen molar-refractivity contribution in [2.45, 2.75) is 13.8 Å². The highest BCUT2D eigenvalue weighted by atomic mass is 16.6. The molecule has 1 aromatic carbocycles. The van der Waals surface area contributed by atoms with Crippen molar-refractivity contribution in [1.82, 2.24) is 0 Å². The molecule has 0 aliphatic rings. The van der Waals surface area contributed by atoms with E-state index in [0.29, 0.717) is 5.56 Å². The quantitative estimate of drug-likeness (QED) is 0.340. The Labute approximate surface area is 98.9 Å². The number of ether oxygens (including phenoxy) is 1. The van der Waals surface area contributed by atoms with Gasteiger partial charge in [0, 0.05) is 11.6 Å². The van der Waals surface area contributed by atoms with E-state index in [2.05, 4.69) is 6.58 Å². The first-order valence-corrected chi connectivity index (χ1v) is 4.98. The van der Waals surface area contributed by atoms with E-state index in [0.717, 1.165) is 5.57 Å². The van der Waals surface area contributed by atoms with Gasteiger partial charge in [0.05, 0.1) is 4.92 Å². The highest BCUT2D eigenvalue weighted by molar-refractivity contribution is 5.95. The molecule has 0 aliphatic carbocycles. The molecule has 0 atom stereocenters. The van der Waals surface area contributed by atoms with Gasteiger partial charge < -0.3 is 4.74 Å². The maximum Gasteiger partial charge on any atom is 0.311 e. The van der Waals surface area contributed by atoms with Crippen LogP contribution in [0.3, 0.4) is 0 Å². The third-order valence-electron chi connectivity index (χ3n) is 2.04. The summed E-state index contributed by atoms with van der Waals surface area (Å²) in [6, 6.07) is 4.15. The lowest BCUT2D eigenvalue weighted by atomic mass is 10.1. The fourth-order valence-electron chi connectivity index (χ4n) is 1.20. The molecule has 0 fully saturated rings. The van der Waals surface area contributed by atoms with Crippen molar-refractivity contribution in [3.05, 3.63) is 46.0 Å². The Bertz CT molecular complexity index is 479. The molecule has 90 valence electrons. The topological polar surface area (TPSA) is 69.4 Å². The molecule has 0 unspecified atom stereocenters. The molecule has 0 saturated heterocycles. The highest BCUT2D eigenvalue weighted by Crippen LogP contribution is 2.28. The second-order valence-corrected chi connectivity index (χ2v) is 3.74. The van der Waals surface area contributed by atoms with Crippen LogP contribution in [0.5, 0.6) is 5.75 Å². The van der Waals surface area contributed by atoms with E-state index in [1.807, 2.05) is 0 Å². The Hall–Kier alpha value is -2.17. The van der Waals surface area contributed by atoms with Crippen LogP contribution in [0.2, 0.25) is 0 Å². The standard InChI is InChI=1S/C12H13NO4/c1-8(2)7-17-12-5-4-10(9(3)14)6-11(12)13(15)16/h4-6H,1,7H2,2-3H3. The minimum atomic E-state index is -0.569. The number of ketones is 1. The number of nitrogens with zero attached hydrogens (tertiary/aromatic N) is 1. The minimum absolute atomic E-state index is 0.142. The second kappa shape index (κ2) is 5.25. The van der Waals surface area contributed by atoms with Crippen LogP contribution in [0, 0.1) is 10.1 Å². The first-order valence-electron chi connectivity index (χ1n) is 4.98. The molecule has 5 nitrogen and oxygen atoms in total. The predicted octanol–water partition coefficient (Wildman–Crippen LogP) is 2.75. The summed E-state index contributed by atoms with van der Waals surface area (Å²) in [4.78, 5) is 21.4. The number of hydrogen-bond donors (Lipinski definition) is 0. The molecule has 0 N–H and O–H groups in total. The number of nitro benzene ring substituents is 1. The summed E-state index contributed by atoms with van der Waals surface area (Å²) in [6.45, 7) is 6.96. The largest absolute Gasteiger partial charge is 0.482 e. The second-order valence-electron chi connectivity index (χ2n) is 3.74. The summed E-state index contributed by atoms with van der Waals surface area (Å²) in [6.07, 6.45) is 0. The van der Waals surface area contributed by atoms with E-state index in [1.54, 1.807) is 6.92 Å². The summed E-state index contributed by atoms with van der Waals surface area (Å²) >= 11 is 0. The van der Waals surface area contributed by atoms with Gasteiger partial charge in [0.25, 0.3) is 0 Å². The fourth-order valence-corrected chi connectivity index (χ4v) is 1.20. The zero-order valence-electron chi connectivity index (χ0n) is 9.73. The average Bonchev–Trinajstić information content (AvgIpc) is 2.25. The Kier molecular flexibility index (Phi) is 3.98. The van der Waals surface area contributed by atoms with Crippen LogP contribution in [0.15, 0.2) is 30.4 Å². The van der Waals surface area contributed by atoms with Crippen LogP contribution in [-0.4, -0.2) is 17.3 Å². The Balaban J connectivity index is 3.08. The van der Waals surface area contributed by atoms with Crippen LogP contribution in [0.25, 0.3) is 0 Å². The van der Waals surface area contributed by atoms with Crippen molar-refractivity contribution in [2.75, 3.05) is 6.61 Å². The van der Waals surface area contributed by atoms with Gasteiger partial charge in [-0.1, -0.05) is 6.58 Å². The van der Waals surface area contributed by atoms with Gasteiger partial charge in [0.2, 0.25) is 0 Å². The summed E-state index contributed by atoms with van der Waals surface area (Å²) in [5.41, 5.74) is 0.841. The lowest BCUT2D eigenvalue weighted by molar-refractivity contribution is -0.385. The number of Topliss-reactive ketones (excluding diaryl/α,β-unsaturated/α-hetero) is 1. The minimum Gasteiger partial charge on any atom is -0.482 e. The lowest BCUT2D eigenvalue weighted by Gasteiger charge is -2.07. The maximum absolute atomic E-state index is 11.1. The summed E-state index contributed by atoms with van der Waals surface area (Å²) in [5, 5.41) is 10.8. The molecule has 17 heavy (non-hydrogen) atoms. The van der Waals surface area contributed by atoms with Crippen LogP contribution in [0.1, 0.15) is 24.2 Å². The molecular weight excluding hydrogens is 222 g/mol. The predicted molar refractivity (Wildman–Crippen MR) is 63.4 cm³/mol. The molecule has 0 saturated carbocycles. The van der Waals surface area contributed by atoms with E-state index < -0.39 is 4.92 Å². The molecular formula is C12H13NO4. The van der Waals surface area contributed by atoms with E-state index in [1.165, 1.54) is 25.1 Å². The molecule has 0 bridgehead atoms. The third kappa shape index (κ3) is 3.41. The van der Waals surface area contributed by atoms with Gasteiger partial charge in [0.15, 0.2) is 11.5 Å². The molecule has 0 heterocycles. The molecule has 0 radical (unpaired) electrons. The summed E-state index contributed by atoms with van der Waals surface area (Å²) in [5.74, 6) is -0.0810. The van der Waals surface area contributed by atoms with Crippen molar-refractivity contribution < 1.29 is 14.5 Å². The van der Waals surface area contributed by atoms with Crippen LogP contribution >= 0.6 is 0 Å². The van der Waals surface area contributed by atoms with Gasteiger partial charge >= 0.3 is 5.69 Å². The molecule has 1 aromatic rings. The number of rotatable bonds is 5. The van der Waals surface area contributed by atoms with Gasteiger partial charge in [-0.15, -0.1) is 0 Å². The van der Waals surface area contributed by atoms with Gasteiger partial charge in [-0.3, -0.25) is 14.9 Å². The molecule has 0 aliphatic heterocycles. The third-order valence-corrected chi connectivity index (χ3v) is 2.04. The number of benzene rings is 1. The average molecular weight is 235 g/mol. The van der Waals surface area contributed by atoms with Gasteiger partial charge in [-0.05, 0) is 31.6 Å². The molecule has 0 amide bonds. The van der Waals surface area contributed by atoms with Crippen molar-refractivity contribution in [1.29, 1.82) is 0 Å². The normalized spacial score (nSPS) is 9.76. The van der Waals surface area contributed by atoms with Crippen molar-refractivity contribution in [3.63, 3.8) is 0 Å². The molecule has 1 rings (SSSR count). The van der Waals surface area contributed by atoms with Gasteiger partial charge in [-0.2, -0.15) is 0 Å². The number of nitro groups is 1. The molecule has 0 aromatic heterocycles. The van der Waals surface area contributed by atoms with Gasteiger partial charge in [0.1, 0.15) is 6.61 Å². The maximum atomic E-state index is 11.1. The first kappa shape index (κ1) is 12.9. The van der Waals surface area contributed by atoms with E-state index in [9.17, 15) is 14.9 Å². The SMILES string of the molecule is C=C(C)COc1ccc(C(C)=O)cc1[N+](=O)[O-]. The number of carbonyl (C=O) groups excluding carboxylic acids is 1. The van der Waals surface area contributed by atoms with Crippen molar-refractivity contribution >= 4 is 11.5 Å². The zero-order valence-corrected chi connectivity index (χ0v) is 9.73. The van der Waals surface area contributed by atoms with Crippen molar-refractivity contribution in [3.8, 4) is 5.75 Å². The van der Waals surface area contributed by atoms with E-state index in [-0.39, 0.29) is 23.8 Å². The van der Waals surface area contributed by atoms with Crippen LogP contribution < -0.4 is 4.74 Å². The van der Waals surface area contributed by atoms with Gasteiger partial charge in [-0.25, -0.2) is 0 Å². The molecule has 0 spiro atoms. The first-order chi connectivity index (χ1) is 7.91. The number of carbonyl (C=O) groups is 1. The van der Waals surface area contributed by atoms with Crippen LogP contribution in [0.4, 0.5) is 5.69 Å².